The van der Waals surface area contributed by atoms with Crippen molar-refractivity contribution >= 4 is 17.7 Å². The molecule has 0 saturated carbocycles. The molecule has 0 aromatic heterocycles. The average Bonchev–Trinajstić information content (AvgIpc) is 2.48. The van der Waals surface area contributed by atoms with E-state index in [0.29, 0.717) is 6.54 Å². The Bertz CT molecular complexity index is 590. The molecule has 2 aromatic rings. The van der Waals surface area contributed by atoms with E-state index in [4.69, 9.17) is 0 Å². The van der Waals surface area contributed by atoms with Crippen LogP contribution in [0.15, 0.2) is 53.4 Å². The van der Waals surface area contributed by atoms with E-state index < -0.39 is 0 Å². The Kier molecular flexibility index (Phi) is 5.45. The van der Waals surface area contributed by atoms with Crippen LogP contribution in [-0.4, -0.2) is 11.2 Å². The molecule has 2 rings (SSSR count). The third kappa shape index (κ3) is 4.94. The van der Waals surface area contributed by atoms with E-state index in [9.17, 15) is 4.79 Å². The van der Waals surface area contributed by atoms with Crippen molar-refractivity contribution in [1.29, 1.82) is 0 Å². The molecule has 2 nitrogen and oxygen atoms in total. The lowest BCUT2D eigenvalue weighted by Crippen LogP contribution is -2.30. The van der Waals surface area contributed by atoms with Crippen molar-refractivity contribution in [3.8, 4) is 0 Å². The topological polar surface area (TPSA) is 29.1 Å². The van der Waals surface area contributed by atoms with Crippen LogP contribution in [-0.2, 0) is 11.3 Å². The fraction of sp³-hybridized carbons (Fsp3) is 0.278. The molecular weight excluding hydrogens is 278 g/mol. The van der Waals surface area contributed by atoms with Gasteiger partial charge in [0.25, 0.3) is 0 Å². The van der Waals surface area contributed by atoms with Crippen LogP contribution >= 0.6 is 11.8 Å². The molecule has 0 saturated heterocycles. The monoisotopic (exact) mass is 299 g/mol. The van der Waals surface area contributed by atoms with Crippen LogP contribution in [0.25, 0.3) is 0 Å². The van der Waals surface area contributed by atoms with Gasteiger partial charge in [-0.1, -0.05) is 47.5 Å². The van der Waals surface area contributed by atoms with Crippen molar-refractivity contribution in [2.75, 3.05) is 0 Å². The molecule has 0 heterocycles. The fourth-order valence-electron chi connectivity index (χ4n) is 1.91. The molecule has 0 bridgehead atoms. The van der Waals surface area contributed by atoms with Gasteiger partial charge in [0.2, 0.25) is 5.91 Å². The third-order valence-electron chi connectivity index (χ3n) is 3.29. The molecule has 21 heavy (non-hydrogen) atoms. The van der Waals surface area contributed by atoms with Crippen LogP contribution in [0.4, 0.5) is 0 Å². The maximum Gasteiger partial charge on any atom is 0.233 e. The van der Waals surface area contributed by atoms with Gasteiger partial charge in [-0.3, -0.25) is 4.79 Å². The highest BCUT2D eigenvalue weighted by Crippen LogP contribution is 2.23. The summed E-state index contributed by atoms with van der Waals surface area (Å²) in [7, 11) is 0. The van der Waals surface area contributed by atoms with E-state index in [2.05, 4.69) is 55.6 Å². The van der Waals surface area contributed by atoms with Crippen LogP contribution in [0.2, 0.25) is 0 Å². The number of hydrogen-bond acceptors (Lipinski definition) is 2. The number of thioether (sulfide) groups is 1. The molecule has 0 aliphatic carbocycles. The first-order valence-electron chi connectivity index (χ1n) is 7.11. The van der Waals surface area contributed by atoms with Gasteiger partial charge in [0, 0.05) is 11.4 Å². The first kappa shape index (κ1) is 15.6. The molecule has 2 aromatic carbocycles. The van der Waals surface area contributed by atoms with E-state index in [1.807, 2.05) is 19.1 Å². The van der Waals surface area contributed by atoms with Gasteiger partial charge in [-0.25, -0.2) is 0 Å². The van der Waals surface area contributed by atoms with Crippen LogP contribution in [0, 0.1) is 13.8 Å². The number of aryl methyl sites for hydroxylation is 2. The van der Waals surface area contributed by atoms with Crippen molar-refractivity contribution in [2.24, 2.45) is 0 Å². The van der Waals surface area contributed by atoms with Gasteiger partial charge in [-0.2, -0.15) is 0 Å². The molecule has 3 heteroatoms. The summed E-state index contributed by atoms with van der Waals surface area (Å²) < 4.78 is 0. The minimum atomic E-state index is -0.0989. The fourth-order valence-corrected chi connectivity index (χ4v) is 2.81. The van der Waals surface area contributed by atoms with Gasteiger partial charge in [0.1, 0.15) is 0 Å². The van der Waals surface area contributed by atoms with Gasteiger partial charge in [-0.15, -0.1) is 11.8 Å². The Morgan fingerprint density at radius 2 is 1.52 bits per heavy atom. The zero-order chi connectivity index (χ0) is 15.2. The molecule has 0 aliphatic heterocycles. The molecule has 0 spiro atoms. The maximum absolute atomic E-state index is 12.1. The summed E-state index contributed by atoms with van der Waals surface area (Å²) in [5.41, 5.74) is 3.59. The number of amides is 1. The van der Waals surface area contributed by atoms with E-state index in [-0.39, 0.29) is 11.2 Å². The molecule has 1 atom stereocenters. The molecule has 0 aliphatic rings. The summed E-state index contributed by atoms with van der Waals surface area (Å²) >= 11 is 1.59. The van der Waals surface area contributed by atoms with E-state index in [1.165, 1.54) is 11.1 Å². The normalized spacial score (nSPS) is 12.0. The number of carbonyl (C=O) groups excluding carboxylic acids is 1. The standard InChI is InChI=1S/C18H21NOS/c1-13-4-8-16(9-5-13)12-19-18(20)15(3)21-17-10-6-14(2)7-11-17/h4-11,15H,12H2,1-3H3,(H,19,20)/t15-/m0/s1. The van der Waals surface area contributed by atoms with Crippen LogP contribution in [0.3, 0.4) is 0 Å². The Morgan fingerprint density at radius 3 is 2.10 bits per heavy atom. The van der Waals surface area contributed by atoms with Gasteiger partial charge >= 0.3 is 0 Å². The number of carbonyl (C=O) groups is 1. The number of benzene rings is 2. The lowest BCUT2D eigenvalue weighted by Gasteiger charge is -2.12. The van der Waals surface area contributed by atoms with E-state index in [0.717, 1.165) is 10.5 Å². The van der Waals surface area contributed by atoms with Crippen molar-refractivity contribution in [3.05, 3.63) is 65.2 Å². The highest BCUT2D eigenvalue weighted by molar-refractivity contribution is 8.00. The van der Waals surface area contributed by atoms with Crippen molar-refractivity contribution in [3.63, 3.8) is 0 Å². The van der Waals surface area contributed by atoms with Crippen LogP contribution < -0.4 is 5.32 Å². The first-order valence-corrected chi connectivity index (χ1v) is 7.99. The molecule has 1 N–H and O–H groups in total. The number of rotatable bonds is 5. The number of nitrogens with one attached hydrogen (secondary N) is 1. The summed E-state index contributed by atoms with van der Waals surface area (Å²) in [6.45, 7) is 6.64. The molecule has 1 amide bonds. The van der Waals surface area contributed by atoms with E-state index >= 15 is 0 Å². The van der Waals surface area contributed by atoms with Crippen molar-refractivity contribution in [1.82, 2.24) is 5.32 Å². The second-order valence-electron chi connectivity index (χ2n) is 5.28. The zero-order valence-electron chi connectivity index (χ0n) is 12.7. The lowest BCUT2D eigenvalue weighted by molar-refractivity contribution is -0.120. The number of hydrogen-bond donors (Lipinski definition) is 1. The largest absolute Gasteiger partial charge is 0.351 e. The summed E-state index contributed by atoms with van der Waals surface area (Å²) in [4.78, 5) is 13.2. The summed E-state index contributed by atoms with van der Waals surface area (Å²) in [6, 6.07) is 16.5. The summed E-state index contributed by atoms with van der Waals surface area (Å²) in [5, 5.41) is 2.89. The summed E-state index contributed by atoms with van der Waals surface area (Å²) in [5.74, 6) is 0.0705. The Morgan fingerprint density at radius 1 is 1.00 bits per heavy atom. The van der Waals surface area contributed by atoms with Gasteiger partial charge in [0.15, 0.2) is 0 Å². The van der Waals surface area contributed by atoms with Gasteiger partial charge < -0.3 is 5.32 Å². The molecule has 110 valence electrons. The van der Waals surface area contributed by atoms with Gasteiger partial charge in [-0.05, 0) is 38.5 Å². The summed E-state index contributed by atoms with van der Waals surface area (Å²) in [6.07, 6.45) is 0. The predicted octanol–water partition coefficient (Wildman–Crippen LogP) is 4.10. The SMILES string of the molecule is Cc1ccc(CNC(=O)[C@H](C)Sc2ccc(C)cc2)cc1. The van der Waals surface area contributed by atoms with Crippen molar-refractivity contribution < 1.29 is 4.79 Å². The quantitative estimate of drug-likeness (QED) is 0.842. The Hall–Kier alpha value is -1.74. The lowest BCUT2D eigenvalue weighted by atomic mass is 10.1. The second kappa shape index (κ2) is 7.32. The zero-order valence-corrected chi connectivity index (χ0v) is 13.5. The highest BCUT2D eigenvalue weighted by Gasteiger charge is 2.13. The Labute approximate surface area is 131 Å². The van der Waals surface area contributed by atoms with Crippen molar-refractivity contribution in [2.45, 2.75) is 37.5 Å². The van der Waals surface area contributed by atoms with Crippen LogP contribution in [0.5, 0.6) is 0 Å². The molecular formula is C18H21NOS. The smallest absolute Gasteiger partial charge is 0.233 e. The van der Waals surface area contributed by atoms with E-state index in [1.54, 1.807) is 11.8 Å². The van der Waals surface area contributed by atoms with Crippen LogP contribution in [0.1, 0.15) is 23.6 Å². The minimum absolute atomic E-state index is 0.0705. The second-order valence-corrected chi connectivity index (χ2v) is 6.69. The first-order chi connectivity index (χ1) is 10.0. The Balaban J connectivity index is 1.84. The maximum atomic E-state index is 12.1. The molecule has 0 unspecified atom stereocenters. The third-order valence-corrected chi connectivity index (χ3v) is 4.40. The minimum Gasteiger partial charge on any atom is -0.351 e. The highest BCUT2D eigenvalue weighted by atomic mass is 32.2. The predicted molar refractivity (Wildman–Crippen MR) is 89.5 cm³/mol. The van der Waals surface area contributed by atoms with Gasteiger partial charge in [0.05, 0.1) is 5.25 Å². The molecule has 0 radical (unpaired) electrons. The average molecular weight is 299 g/mol. The molecule has 0 fully saturated rings.